The summed E-state index contributed by atoms with van der Waals surface area (Å²) >= 11 is 3.29. The Morgan fingerprint density at radius 2 is 1.87 bits per heavy atom. The molecule has 0 aliphatic carbocycles. The van der Waals surface area contributed by atoms with Gasteiger partial charge in [0.2, 0.25) is 5.91 Å². The Morgan fingerprint density at radius 1 is 1.30 bits per heavy atom. The Labute approximate surface area is 147 Å². The molecule has 1 aliphatic heterocycles. The number of piperidine rings is 1. The summed E-state index contributed by atoms with van der Waals surface area (Å²) in [4.78, 5) is 13.8. The van der Waals surface area contributed by atoms with Crippen LogP contribution in [0.25, 0.3) is 0 Å². The van der Waals surface area contributed by atoms with Gasteiger partial charge in [-0.1, -0.05) is 28.1 Å². The maximum Gasteiger partial charge on any atom is 0.393 e. The second-order valence-electron chi connectivity index (χ2n) is 5.84. The van der Waals surface area contributed by atoms with Gasteiger partial charge in [-0.2, -0.15) is 13.2 Å². The molecule has 23 heavy (non-hydrogen) atoms. The topological polar surface area (TPSA) is 46.3 Å². The van der Waals surface area contributed by atoms with Gasteiger partial charge in [-0.25, -0.2) is 0 Å². The smallest absolute Gasteiger partial charge is 0.340 e. The van der Waals surface area contributed by atoms with Gasteiger partial charge < -0.3 is 10.6 Å². The molecule has 0 radical (unpaired) electrons. The SMILES string of the molecule is CC(N)(C(=O)N1CCCC(C(F)(F)F)C1)c1ccc(Br)cc1.Cl. The molecule has 130 valence electrons. The van der Waals surface area contributed by atoms with Gasteiger partial charge in [0, 0.05) is 17.6 Å². The van der Waals surface area contributed by atoms with E-state index in [9.17, 15) is 18.0 Å². The number of rotatable bonds is 2. The van der Waals surface area contributed by atoms with Gasteiger partial charge in [-0.05, 0) is 37.5 Å². The van der Waals surface area contributed by atoms with Crippen LogP contribution in [-0.4, -0.2) is 30.1 Å². The van der Waals surface area contributed by atoms with E-state index in [1.807, 2.05) is 0 Å². The largest absolute Gasteiger partial charge is 0.393 e. The monoisotopic (exact) mass is 414 g/mol. The van der Waals surface area contributed by atoms with Crippen LogP contribution >= 0.6 is 28.3 Å². The summed E-state index contributed by atoms with van der Waals surface area (Å²) in [5.74, 6) is -1.94. The summed E-state index contributed by atoms with van der Waals surface area (Å²) in [5, 5.41) is 0. The Bertz CT molecular complexity index is 549. The van der Waals surface area contributed by atoms with Crippen molar-refractivity contribution in [1.82, 2.24) is 4.90 Å². The first kappa shape index (κ1) is 20.3. The average Bonchev–Trinajstić information content (AvgIpc) is 2.46. The van der Waals surface area contributed by atoms with Crippen molar-refractivity contribution in [3.05, 3.63) is 34.3 Å². The van der Waals surface area contributed by atoms with Crippen LogP contribution in [0.5, 0.6) is 0 Å². The minimum atomic E-state index is -4.28. The molecule has 0 bridgehead atoms. The Kier molecular flexibility index (Phi) is 6.52. The summed E-state index contributed by atoms with van der Waals surface area (Å²) in [5.41, 5.74) is 5.37. The van der Waals surface area contributed by atoms with Crippen molar-refractivity contribution in [2.24, 2.45) is 11.7 Å². The maximum absolute atomic E-state index is 12.9. The van der Waals surface area contributed by atoms with Crippen LogP contribution in [0.2, 0.25) is 0 Å². The van der Waals surface area contributed by atoms with Gasteiger partial charge in [-0.15, -0.1) is 12.4 Å². The number of amides is 1. The third-order valence-corrected chi connectivity index (χ3v) is 4.59. The number of hydrogen-bond acceptors (Lipinski definition) is 2. The molecule has 1 aromatic carbocycles. The van der Waals surface area contributed by atoms with Crippen molar-refractivity contribution in [1.29, 1.82) is 0 Å². The van der Waals surface area contributed by atoms with Crippen molar-refractivity contribution in [3.8, 4) is 0 Å². The Balaban J connectivity index is 0.00000264. The van der Waals surface area contributed by atoms with Gasteiger partial charge in [-0.3, -0.25) is 4.79 Å². The first-order valence-electron chi connectivity index (χ1n) is 7.03. The molecule has 0 saturated carbocycles. The Morgan fingerprint density at radius 3 is 2.39 bits per heavy atom. The maximum atomic E-state index is 12.9. The van der Waals surface area contributed by atoms with Crippen molar-refractivity contribution >= 4 is 34.2 Å². The van der Waals surface area contributed by atoms with E-state index in [4.69, 9.17) is 5.73 Å². The summed E-state index contributed by atoms with van der Waals surface area (Å²) in [7, 11) is 0. The zero-order valence-corrected chi connectivity index (χ0v) is 15.0. The predicted molar refractivity (Wildman–Crippen MR) is 88.3 cm³/mol. The number of carbonyl (C=O) groups excluding carboxylic acids is 1. The number of likely N-dealkylation sites (tertiary alicyclic amines) is 1. The fraction of sp³-hybridized carbons (Fsp3) is 0.533. The molecule has 8 heteroatoms. The van der Waals surface area contributed by atoms with Crippen molar-refractivity contribution < 1.29 is 18.0 Å². The number of alkyl halides is 3. The van der Waals surface area contributed by atoms with Crippen molar-refractivity contribution in [2.45, 2.75) is 31.5 Å². The van der Waals surface area contributed by atoms with Crippen LogP contribution in [0, 0.1) is 5.92 Å². The lowest BCUT2D eigenvalue weighted by molar-refractivity contribution is -0.189. The molecule has 2 atom stereocenters. The van der Waals surface area contributed by atoms with Crippen LogP contribution < -0.4 is 5.73 Å². The summed E-state index contributed by atoms with van der Waals surface area (Å²) in [6.45, 7) is 1.54. The normalized spacial score (nSPS) is 21.3. The minimum Gasteiger partial charge on any atom is -0.340 e. The molecule has 0 aromatic heterocycles. The van der Waals surface area contributed by atoms with E-state index in [1.54, 1.807) is 24.3 Å². The molecule has 2 N–H and O–H groups in total. The van der Waals surface area contributed by atoms with E-state index in [2.05, 4.69) is 15.9 Å². The molecule has 1 aliphatic rings. The zero-order chi connectivity index (χ0) is 16.5. The van der Waals surface area contributed by atoms with Crippen molar-refractivity contribution in [2.75, 3.05) is 13.1 Å². The first-order chi connectivity index (χ1) is 10.1. The first-order valence-corrected chi connectivity index (χ1v) is 7.82. The number of nitrogens with two attached hydrogens (primary N) is 1. The molecule has 1 saturated heterocycles. The van der Waals surface area contributed by atoms with Gasteiger partial charge in [0.15, 0.2) is 0 Å². The van der Waals surface area contributed by atoms with Crippen LogP contribution in [0.15, 0.2) is 28.7 Å². The molecular weight excluding hydrogens is 397 g/mol. The van der Waals surface area contributed by atoms with Crippen LogP contribution in [0.4, 0.5) is 13.2 Å². The fourth-order valence-electron chi connectivity index (χ4n) is 2.68. The second-order valence-corrected chi connectivity index (χ2v) is 6.76. The number of carbonyl (C=O) groups is 1. The van der Waals surface area contributed by atoms with E-state index < -0.39 is 23.5 Å². The fourth-order valence-corrected chi connectivity index (χ4v) is 2.94. The molecule has 1 amide bonds. The minimum absolute atomic E-state index is 0. The highest BCUT2D eigenvalue weighted by atomic mass is 79.9. The molecule has 1 heterocycles. The quantitative estimate of drug-likeness (QED) is 0.797. The van der Waals surface area contributed by atoms with E-state index in [0.29, 0.717) is 18.5 Å². The lowest BCUT2D eigenvalue weighted by Gasteiger charge is -2.38. The lowest BCUT2D eigenvalue weighted by atomic mass is 9.89. The van der Waals surface area contributed by atoms with Crippen LogP contribution in [-0.2, 0) is 10.3 Å². The van der Waals surface area contributed by atoms with Gasteiger partial charge in [0.25, 0.3) is 0 Å². The highest BCUT2D eigenvalue weighted by molar-refractivity contribution is 9.10. The molecule has 1 aromatic rings. The van der Waals surface area contributed by atoms with Gasteiger partial charge >= 0.3 is 6.18 Å². The lowest BCUT2D eigenvalue weighted by Crippen LogP contribution is -2.54. The Hall–Kier alpha value is -0.790. The molecule has 1 fully saturated rings. The number of halogens is 5. The van der Waals surface area contributed by atoms with Crippen LogP contribution in [0.3, 0.4) is 0 Å². The summed E-state index contributed by atoms with van der Waals surface area (Å²) in [6.07, 6.45) is -3.87. The molecular formula is C15H19BrClF3N2O. The third kappa shape index (κ3) is 4.61. The zero-order valence-electron chi connectivity index (χ0n) is 12.6. The average molecular weight is 416 g/mol. The highest BCUT2D eigenvalue weighted by Crippen LogP contribution is 2.34. The number of nitrogens with zero attached hydrogens (tertiary/aromatic N) is 1. The van der Waals surface area contributed by atoms with Gasteiger partial charge in [0.1, 0.15) is 5.54 Å². The predicted octanol–water partition coefficient (Wildman–Crippen LogP) is 3.85. The van der Waals surface area contributed by atoms with E-state index >= 15 is 0 Å². The van der Waals surface area contributed by atoms with Crippen LogP contribution in [0.1, 0.15) is 25.3 Å². The number of benzene rings is 1. The molecule has 3 nitrogen and oxygen atoms in total. The van der Waals surface area contributed by atoms with E-state index in [1.165, 1.54) is 11.8 Å². The summed E-state index contributed by atoms with van der Waals surface area (Å²) < 4.78 is 39.4. The second kappa shape index (κ2) is 7.40. The van der Waals surface area contributed by atoms with E-state index in [-0.39, 0.29) is 25.4 Å². The van der Waals surface area contributed by atoms with Crippen molar-refractivity contribution in [3.63, 3.8) is 0 Å². The highest BCUT2D eigenvalue weighted by Gasteiger charge is 2.45. The standard InChI is InChI=1S/C15H18BrF3N2O.ClH/c1-14(20,10-4-6-12(16)7-5-10)13(22)21-8-2-3-11(9-21)15(17,18)19;/h4-7,11H,2-3,8-9,20H2,1H3;1H. The third-order valence-electron chi connectivity index (χ3n) is 4.06. The van der Waals surface area contributed by atoms with E-state index in [0.717, 1.165) is 4.47 Å². The molecule has 0 spiro atoms. The van der Waals surface area contributed by atoms with Gasteiger partial charge in [0.05, 0.1) is 5.92 Å². The molecule has 2 unspecified atom stereocenters. The summed E-state index contributed by atoms with van der Waals surface area (Å²) in [6, 6.07) is 6.91. The number of hydrogen-bond donors (Lipinski definition) is 1. The molecule has 2 rings (SSSR count).